The SMILES string of the molecule is Clc1cc(Br)ccc1OCCCBr. The maximum atomic E-state index is 5.94. The largest absolute Gasteiger partial charge is 0.492 e. The molecule has 1 nitrogen and oxygen atoms in total. The molecule has 0 aromatic heterocycles. The van der Waals surface area contributed by atoms with Gasteiger partial charge in [0.05, 0.1) is 11.6 Å². The summed E-state index contributed by atoms with van der Waals surface area (Å²) in [4.78, 5) is 0. The minimum Gasteiger partial charge on any atom is -0.492 e. The molecule has 0 unspecified atom stereocenters. The Morgan fingerprint density at radius 2 is 2.15 bits per heavy atom. The highest BCUT2D eigenvalue weighted by atomic mass is 79.9. The molecule has 0 saturated heterocycles. The summed E-state index contributed by atoms with van der Waals surface area (Å²) in [5, 5.41) is 1.59. The monoisotopic (exact) mass is 326 g/mol. The van der Waals surface area contributed by atoms with Gasteiger partial charge in [0, 0.05) is 9.80 Å². The van der Waals surface area contributed by atoms with E-state index in [9.17, 15) is 0 Å². The lowest BCUT2D eigenvalue weighted by Crippen LogP contribution is -1.97. The molecule has 13 heavy (non-hydrogen) atoms. The molecule has 0 amide bonds. The highest BCUT2D eigenvalue weighted by Gasteiger charge is 2.00. The van der Waals surface area contributed by atoms with Crippen molar-refractivity contribution in [1.29, 1.82) is 0 Å². The lowest BCUT2D eigenvalue weighted by Gasteiger charge is -2.06. The van der Waals surface area contributed by atoms with Crippen molar-refractivity contribution in [2.45, 2.75) is 6.42 Å². The van der Waals surface area contributed by atoms with E-state index in [-0.39, 0.29) is 0 Å². The molecule has 72 valence electrons. The van der Waals surface area contributed by atoms with Gasteiger partial charge in [0.1, 0.15) is 5.75 Å². The third-order valence-corrected chi connectivity index (χ3v) is 2.78. The molecule has 0 bridgehead atoms. The van der Waals surface area contributed by atoms with Gasteiger partial charge in [-0.2, -0.15) is 0 Å². The first-order chi connectivity index (χ1) is 6.24. The van der Waals surface area contributed by atoms with Gasteiger partial charge in [0.2, 0.25) is 0 Å². The fourth-order valence-corrected chi connectivity index (χ4v) is 1.79. The minimum atomic E-state index is 0.643. The van der Waals surface area contributed by atoms with E-state index in [0.29, 0.717) is 11.6 Å². The molecule has 0 atom stereocenters. The van der Waals surface area contributed by atoms with Crippen molar-refractivity contribution in [1.82, 2.24) is 0 Å². The summed E-state index contributed by atoms with van der Waals surface area (Å²) in [7, 11) is 0. The van der Waals surface area contributed by atoms with Gasteiger partial charge in [-0.05, 0) is 24.6 Å². The van der Waals surface area contributed by atoms with Crippen LogP contribution >= 0.6 is 43.5 Å². The molecule has 1 aromatic carbocycles. The van der Waals surface area contributed by atoms with Crippen LogP contribution in [0.4, 0.5) is 0 Å². The second kappa shape index (κ2) is 5.89. The Balaban J connectivity index is 2.56. The van der Waals surface area contributed by atoms with Crippen LogP contribution in [0.3, 0.4) is 0 Å². The van der Waals surface area contributed by atoms with Gasteiger partial charge in [0.25, 0.3) is 0 Å². The van der Waals surface area contributed by atoms with Crippen LogP contribution in [0, 0.1) is 0 Å². The van der Waals surface area contributed by atoms with E-state index in [1.165, 1.54) is 0 Å². The van der Waals surface area contributed by atoms with Crippen molar-refractivity contribution in [3.8, 4) is 5.75 Å². The minimum absolute atomic E-state index is 0.643. The first-order valence-electron chi connectivity index (χ1n) is 3.88. The third kappa shape index (κ3) is 3.88. The van der Waals surface area contributed by atoms with Crippen LogP contribution in [0.5, 0.6) is 5.75 Å². The zero-order valence-electron chi connectivity index (χ0n) is 6.90. The van der Waals surface area contributed by atoms with Gasteiger partial charge in [-0.1, -0.05) is 43.5 Å². The number of hydrogen-bond acceptors (Lipinski definition) is 1. The second-order valence-corrected chi connectivity index (χ2v) is 4.58. The molecule has 0 heterocycles. The molecule has 0 N–H and O–H groups in total. The maximum absolute atomic E-state index is 5.94. The van der Waals surface area contributed by atoms with Gasteiger partial charge in [-0.15, -0.1) is 0 Å². The Kier molecular flexibility index (Phi) is 5.14. The Morgan fingerprint density at radius 1 is 1.38 bits per heavy atom. The lowest BCUT2D eigenvalue weighted by atomic mass is 10.3. The summed E-state index contributed by atoms with van der Waals surface area (Å²) >= 11 is 12.6. The molecule has 1 aromatic rings. The number of benzene rings is 1. The van der Waals surface area contributed by atoms with Crippen LogP contribution in [0.15, 0.2) is 22.7 Å². The average molecular weight is 328 g/mol. The number of halogens is 3. The molecule has 0 fully saturated rings. The Bertz CT molecular complexity index is 278. The van der Waals surface area contributed by atoms with E-state index in [1.54, 1.807) is 0 Å². The Hall–Kier alpha value is 0.270. The van der Waals surface area contributed by atoms with Crippen molar-refractivity contribution in [2.75, 3.05) is 11.9 Å². The summed E-state index contributed by atoms with van der Waals surface area (Å²) in [6.45, 7) is 0.687. The van der Waals surface area contributed by atoms with Crippen LogP contribution in [0.1, 0.15) is 6.42 Å². The predicted molar refractivity (Wildman–Crippen MR) is 63.1 cm³/mol. The summed E-state index contributed by atoms with van der Waals surface area (Å²) < 4.78 is 6.41. The van der Waals surface area contributed by atoms with Gasteiger partial charge >= 0.3 is 0 Å². The fourth-order valence-electron chi connectivity index (χ4n) is 0.829. The molecule has 0 aliphatic rings. The molecule has 4 heteroatoms. The van der Waals surface area contributed by atoms with Crippen molar-refractivity contribution < 1.29 is 4.74 Å². The zero-order valence-corrected chi connectivity index (χ0v) is 10.8. The first kappa shape index (κ1) is 11.3. The summed E-state index contributed by atoms with van der Waals surface area (Å²) in [6.07, 6.45) is 0.979. The highest BCUT2D eigenvalue weighted by molar-refractivity contribution is 9.10. The third-order valence-electron chi connectivity index (χ3n) is 1.43. The van der Waals surface area contributed by atoms with E-state index in [1.807, 2.05) is 18.2 Å². The Labute approximate surface area is 99.7 Å². The number of rotatable bonds is 4. The van der Waals surface area contributed by atoms with Crippen molar-refractivity contribution in [2.24, 2.45) is 0 Å². The molecule has 0 aliphatic carbocycles. The zero-order chi connectivity index (χ0) is 9.68. The standard InChI is InChI=1S/C9H9Br2ClO/c10-4-1-5-13-9-3-2-7(11)6-8(9)12/h2-3,6H,1,4-5H2. The van der Waals surface area contributed by atoms with Gasteiger partial charge in [0.15, 0.2) is 0 Å². The number of ether oxygens (including phenoxy) is 1. The number of hydrogen-bond donors (Lipinski definition) is 0. The van der Waals surface area contributed by atoms with Crippen LogP contribution in [-0.2, 0) is 0 Å². The smallest absolute Gasteiger partial charge is 0.137 e. The molecule has 1 rings (SSSR count). The van der Waals surface area contributed by atoms with Crippen LogP contribution in [0.25, 0.3) is 0 Å². The molecular weight excluding hydrogens is 319 g/mol. The van der Waals surface area contributed by atoms with Crippen molar-refractivity contribution in [3.63, 3.8) is 0 Å². The second-order valence-electron chi connectivity index (χ2n) is 2.47. The lowest BCUT2D eigenvalue weighted by molar-refractivity contribution is 0.319. The molecule has 0 aliphatic heterocycles. The maximum Gasteiger partial charge on any atom is 0.137 e. The van der Waals surface area contributed by atoms with Crippen LogP contribution < -0.4 is 4.74 Å². The summed E-state index contributed by atoms with van der Waals surface area (Å²) in [6, 6.07) is 5.60. The molecular formula is C9H9Br2ClO. The van der Waals surface area contributed by atoms with E-state index in [4.69, 9.17) is 16.3 Å². The van der Waals surface area contributed by atoms with Crippen molar-refractivity contribution in [3.05, 3.63) is 27.7 Å². The fraction of sp³-hybridized carbons (Fsp3) is 0.333. The van der Waals surface area contributed by atoms with Gasteiger partial charge < -0.3 is 4.74 Å². The topological polar surface area (TPSA) is 9.23 Å². The van der Waals surface area contributed by atoms with E-state index in [2.05, 4.69) is 31.9 Å². The van der Waals surface area contributed by atoms with E-state index in [0.717, 1.165) is 22.0 Å². The van der Waals surface area contributed by atoms with Gasteiger partial charge in [-0.25, -0.2) is 0 Å². The normalized spacial score (nSPS) is 10.1. The number of alkyl halides is 1. The highest BCUT2D eigenvalue weighted by Crippen LogP contribution is 2.27. The average Bonchev–Trinajstić information content (AvgIpc) is 2.09. The van der Waals surface area contributed by atoms with Crippen molar-refractivity contribution >= 4 is 43.5 Å². The molecule has 0 saturated carbocycles. The van der Waals surface area contributed by atoms with Gasteiger partial charge in [-0.3, -0.25) is 0 Å². The molecule has 0 spiro atoms. The Morgan fingerprint density at radius 3 is 2.77 bits per heavy atom. The molecule has 0 radical (unpaired) electrons. The van der Waals surface area contributed by atoms with Crippen LogP contribution in [0.2, 0.25) is 5.02 Å². The summed E-state index contributed by atoms with van der Waals surface area (Å²) in [5.74, 6) is 0.741. The first-order valence-corrected chi connectivity index (χ1v) is 6.17. The van der Waals surface area contributed by atoms with E-state index < -0.39 is 0 Å². The van der Waals surface area contributed by atoms with Crippen LogP contribution in [-0.4, -0.2) is 11.9 Å². The quantitative estimate of drug-likeness (QED) is 0.592. The predicted octanol–water partition coefficient (Wildman–Crippen LogP) is 4.27. The summed E-state index contributed by atoms with van der Waals surface area (Å²) in [5.41, 5.74) is 0. The van der Waals surface area contributed by atoms with E-state index >= 15 is 0 Å².